The van der Waals surface area contributed by atoms with Crippen LogP contribution >= 0.6 is 0 Å². The van der Waals surface area contributed by atoms with Gasteiger partial charge in [0.1, 0.15) is 5.69 Å². The average molecular weight is 362 g/mol. The Balaban J connectivity index is 1.45. The second-order valence-electron chi connectivity index (χ2n) is 7.37. The van der Waals surface area contributed by atoms with Gasteiger partial charge in [-0.25, -0.2) is 0 Å². The van der Waals surface area contributed by atoms with Gasteiger partial charge in [-0.1, -0.05) is 30.3 Å². The van der Waals surface area contributed by atoms with Crippen molar-refractivity contribution >= 4 is 28.2 Å². The van der Waals surface area contributed by atoms with Crippen LogP contribution in [0.25, 0.3) is 10.9 Å². The first-order valence-corrected chi connectivity index (χ1v) is 9.59. The number of nitrogens with zero attached hydrogens (tertiary/aromatic N) is 2. The lowest BCUT2D eigenvalue weighted by Gasteiger charge is -2.37. The molecule has 0 saturated carbocycles. The lowest BCUT2D eigenvalue weighted by molar-refractivity contribution is 0.0742. The number of fused-ring (bicyclic) bond motifs is 1. The fraction of sp³-hybridized carbons (Fsp3) is 0.318. The van der Waals surface area contributed by atoms with Crippen LogP contribution in [0.15, 0.2) is 54.6 Å². The molecule has 0 bridgehead atoms. The summed E-state index contributed by atoms with van der Waals surface area (Å²) >= 11 is 0. The molecule has 0 atom stereocenters. The third-order valence-corrected chi connectivity index (χ3v) is 5.02. The number of hydrogen-bond acceptors (Lipinski definition) is 3. The molecule has 0 spiro atoms. The zero-order valence-corrected chi connectivity index (χ0v) is 15.9. The number of aromatic amines is 1. The van der Waals surface area contributed by atoms with E-state index in [-0.39, 0.29) is 5.91 Å². The first kappa shape index (κ1) is 17.5. The Bertz CT molecular complexity index is 905. The lowest BCUT2D eigenvalue weighted by atomic mass is 10.2. The molecule has 1 saturated heterocycles. The molecule has 0 unspecified atom stereocenters. The molecule has 140 valence electrons. The molecule has 0 radical (unpaired) electrons. The smallest absolute Gasteiger partial charge is 0.270 e. The SMILES string of the molecule is CC(C)Nc1ccccc1N1CCN(C(=O)c2cc3ccccc3[nH]2)CC1. The number of amides is 1. The highest BCUT2D eigenvalue weighted by atomic mass is 16.2. The summed E-state index contributed by atoms with van der Waals surface area (Å²) < 4.78 is 0. The molecule has 1 amide bonds. The maximum atomic E-state index is 12.9. The van der Waals surface area contributed by atoms with Crippen molar-refractivity contribution in [2.45, 2.75) is 19.9 Å². The van der Waals surface area contributed by atoms with Crippen molar-refractivity contribution in [2.75, 3.05) is 36.4 Å². The Morgan fingerprint density at radius 1 is 1.00 bits per heavy atom. The lowest BCUT2D eigenvalue weighted by Crippen LogP contribution is -2.49. The number of para-hydroxylation sites is 3. The predicted octanol–water partition coefficient (Wildman–Crippen LogP) is 3.95. The van der Waals surface area contributed by atoms with E-state index in [1.54, 1.807) is 0 Å². The van der Waals surface area contributed by atoms with Gasteiger partial charge in [0.25, 0.3) is 5.91 Å². The number of piperazine rings is 1. The number of anilines is 2. The number of hydrogen-bond donors (Lipinski definition) is 2. The summed E-state index contributed by atoms with van der Waals surface area (Å²) in [7, 11) is 0. The summed E-state index contributed by atoms with van der Waals surface area (Å²) in [6.45, 7) is 7.42. The summed E-state index contributed by atoms with van der Waals surface area (Å²) in [6, 6.07) is 18.7. The fourth-order valence-electron chi connectivity index (χ4n) is 3.69. The van der Waals surface area contributed by atoms with Gasteiger partial charge in [0.05, 0.1) is 11.4 Å². The quantitative estimate of drug-likeness (QED) is 0.739. The van der Waals surface area contributed by atoms with E-state index in [4.69, 9.17) is 0 Å². The molecule has 1 fully saturated rings. The topological polar surface area (TPSA) is 51.4 Å². The molecule has 27 heavy (non-hydrogen) atoms. The van der Waals surface area contributed by atoms with Crippen molar-refractivity contribution in [1.82, 2.24) is 9.88 Å². The zero-order valence-electron chi connectivity index (χ0n) is 15.9. The van der Waals surface area contributed by atoms with E-state index in [0.29, 0.717) is 11.7 Å². The summed E-state index contributed by atoms with van der Waals surface area (Å²) in [5.74, 6) is 0.0828. The van der Waals surface area contributed by atoms with E-state index < -0.39 is 0 Å². The zero-order chi connectivity index (χ0) is 18.8. The normalized spacial score (nSPS) is 14.8. The van der Waals surface area contributed by atoms with Crippen molar-refractivity contribution in [3.63, 3.8) is 0 Å². The van der Waals surface area contributed by atoms with E-state index in [0.717, 1.165) is 42.8 Å². The van der Waals surface area contributed by atoms with Crippen LogP contribution in [0.4, 0.5) is 11.4 Å². The standard InChI is InChI=1S/C22H26N4O/c1-16(2)23-19-9-5-6-10-21(19)25-11-13-26(14-12-25)22(27)20-15-17-7-3-4-8-18(17)24-20/h3-10,15-16,23-24H,11-14H2,1-2H3. The minimum absolute atomic E-state index is 0.0828. The van der Waals surface area contributed by atoms with Gasteiger partial charge in [-0.2, -0.15) is 0 Å². The van der Waals surface area contributed by atoms with Gasteiger partial charge >= 0.3 is 0 Å². The molecule has 5 heteroatoms. The third kappa shape index (κ3) is 3.63. The molecule has 0 aliphatic carbocycles. The average Bonchev–Trinajstić information content (AvgIpc) is 3.12. The van der Waals surface area contributed by atoms with Gasteiger partial charge in [0.15, 0.2) is 0 Å². The fourth-order valence-corrected chi connectivity index (χ4v) is 3.69. The second kappa shape index (κ2) is 7.35. The van der Waals surface area contributed by atoms with Crippen LogP contribution in [0.5, 0.6) is 0 Å². The number of rotatable bonds is 4. The van der Waals surface area contributed by atoms with Crippen LogP contribution < -0.4 is 10.2 Å². The summed E-state index contributed by atoms with van der Waals surface area (Å²) in [6.07, 6.45) is 0. The number of carbonyl (C=O) groups is 1. The Morgan fingerprint density at radius 3 is 2.44 bits per heavy atom. The maximum absolute atomic E-state index is 12.9. The van der Waals surface area contributed by atoms with Crippen molar-refractivity contribution < 1.29 is 4.79 Å². The number of H-pyrrole nitrogens is 1. The van der Waals surface area contributed by atoms with Crippen molar-refractivity contribution in [1.29, 1.82) is 0 Å². The molecule has 5 nitrogen and oxygen atoms in total. The highest BCUT2D eigenvalue weighted by molar-refractivity contribution is 5.98. The van der Waals surface area contributed by atoms with Gasteiger partial charge in [-0.05, 0) is 38.1 Å². The van der Waals surface area contributed by atoms with Crippen LogP contribution in [0.1, 0.15) is 24.3 Å². The van der Waals surface area contributed by atoms with E-state index in [9.17, 15) is 4.79 Å². The van der Waals surface area contributed by atoms with Crippen LogP contribution in [0.2, 0.25) is 0 Å². The number of aromatic nitrogens is 1. The molecular weight excluding hydrogens is 336 g/mol. The first-order valence-electron chi connectivity index (χ1n) is 9.59. The largest absolute Gasteiger partial charge is 0.381 e. The Kier molecular flexibility index (Phi) is 4.75. The predicted molar refractivity (Wildman–Crippen MR) is 112 cm³/mol. The molecule has 1 aromatic heterocycles. The summed E-state index contributed by atoms with van der Waals surface area (Å²) in [5, 5.41) is 4.60. The molecule has 2 heterocycles. The number of benzene rings is 2. The van der Waals surface area contributed by atoms with E-state index in [1.165, 1.54) is 5.69 Å². The highest BCUT2D eigenvalue weighted by Gasteiger charge is 2.24. The molecule has 4 rings (SSSR count). The minimum atomic E-state index is 0.0828. The maximum Gasteiger partial charge on any atom is 0.270 e. The molecule has 1 aliphatic heterocycles. The van der Waals surface area contributed by atoms with E-state index >= 15 is 0 Å². The van der Waals surface area contributed by atoms with Crippen LogP contribution in [-0.4, -0.2) is 48.0 Å². The van der Waals surface area contributed by atoms with E-state index in [1.807, 2.05) is 35.2 Å². The molecular formula is C22H26N4O. The first-order chi connectivity index (χ1) is 13.1. The molecule has 2 N–H and O–H groups in total. The summed E-state index contributed by atoms with van der Waals surface area (Å²) in [4.78, 5) is 20.4. The van der Waals surface area contributed by atoms with Gasteiger partial charge < -0.3 is 20.1 Å². The van der Waals surface area contributed by atoms with Crippen LogP contribution in [0.3, 0.4) is 0 Å². The van der Waals surface area contributed by atoms with Crippen LogP contribution in [-0.2, 0) is 0 Å². The van der Waals surface area contributed by atoms with Crippen molar-refractivity contribution in [2.24, 2.45) is 0 Å². The van der Waals surface area contributed by atoms with Gasteiger partial charge in [0.2, 0.25) is 0 Å². The number of carbonyl (C=O) groups excluding carboxylic acids is 1. The van der Waals surface area contributed by atoms with Gasteiger partial charge in [0, 0.05) is 43.1 Å². The number of nitrogens with one attached hydrogen (secondary N) is 2. The van der Waals surface area contributed by atoms with E-state index in [2.05, 4.69) is 53.3 Å². The van der Waals surface area contributed by atoms with Crippen molar-refractivity contribution in [3.05, 3.63) is 60.3 Å². The summed E-state index contributed by atoms with van der Waals surface area (Å²) in [5.41, 5.74) is 4.05. The Morgan fingerprint density at radius 2 is 1.70 bits per heavy atom. The van der Waals surface area contributed by atoms with Crippen molar-refractivity contribution in [3.8, 4) is 0 Å². The Labute approximate surface area is 160 Å². The second-order valence-corrected chi connectivity index (χ2v) is 7.37. The highest BCUT2D eigenvalue weighted by Crippen LogP contribution is 2.27. The Hall–Kier alpha value is -2.95. The third-order valence-electron chi connectivity index (χ3n) is 5.02. The molecule has 3 aromatic rings. The van der Waals surface area contributed by atoms with Crippen LogP contribution in [0, 0.1) is 0 Å². The minimum Gasteiger partial charge on any atom is -0.381 e. The monoisotopic (exact) mass is 362 g/mol. The molecule has 2 aromatic carbocycles. The van der Waals surface area contributed by atoms with Gasteiger partial charge in [-0.15, -0.1) is 0 Å². The molecule has 1 aliphatic rings. The van der Waals surface area contributed by atoms with Gasteiger partial charge in [-0.3, -0.25) is 4.79 Å².